The van der Waals surface area contributed by atoms with E-state index >= 15 is 0 Å². The zero-order valence-corrected chi connectivity index (χ0v) is 16.9. The molecule has 0 aliphatic carbocycles. The zero-order valence-electron chi connectivity index (χ0n) is 16.9. The van der Waals surface area contributed by atoms with Crippen molar-refractivity contribution in [3.8, 4) is 11.6 Å². The first-order valence-corrected chi connectivity index (χ1v) is 9.81. The molecule has 0 radical (unpaired) electrons. The van der Waals surface area contributed by atoms with Crippen LogP contribution in [-0.4, -0.2) is 62.8 Å². The number of imidazole rings is 1. The summed E-state index contributed by atoms with van der Waals surface area (Å²) in [6.45, 7) is 6.08. The Morgan fingerprint density at radius 1 is 1.03 bits per heavy atom. The zero-order chi connectivity index (χ0) is 21.1. The highest BCUT2D eigenvalue weighted by molar-refractivity contribution is 5.81. The lowest BCUT2D eigenvalue weighted by molar-refractivity contribution is -0.138. The van der Waals surface area contributed by atoms with E-state index in [-0.39, 0.29) is 11.7 Å². The Hall–Kier alpha value is -3.49. The van der Waals surface area contributed by atoms with Gasteiger partial charge in [0, 0.05) is 38.6 Å². The number of carbonyl (C=O) groups excluding carboxylic acids is 1. The highest BCUT2D eigenvalue weighted by Gasteiger charge is 2.26. The Labute approximate surface area is 173 Å². The van der Waals surface area contributed by atoms with Gasteiger partial charge in [0.2, 0.25) is 0 Å². The molecular weight excluding hydrogens is 387 g/mol. The molecule has 1 aliphatic heterocycles. The minimum atomic E-state index is -0.639. The van der Waals surface area contributed by atoms with Gasteiger partial charge in [-0.25, -0.2) is 9.37 Å². The second-order valence-electron chi connectivity index (χ2n) is 7.12. The van der Waals surface area contributed by atoms with Crippen molar-refractivity contribution < 1.29 is 13.9 Å². The molecule has 3 heterocycles. The first kappa shape index (κ1) is 19.8. The monoisotopic (exact) mass is 410 g/mol. The number of aromatic nitrogens is 4. The second kappa shape index (κ2) is 8.48. The normalized spacial score (nSPS) is 15.2. The van der Waals surface area contributed by atoms with Crippen LogP contribution in [0.15, 0.2) is 48.8 Å². The van der Waals surface area contributed by atoms with Crippen molar-refractivity contribution >= 4 is 11.7 Å². The van der Waals surface area contributed by atoms with Gasteiger partial charge in [0.05, 0.1) is 0 Å². The molecule has 156 valence electrons. The van der Waals surface area contributed by atoms with Gasteiger partial charge in [-0.2, -0.15) is 0 Å². The number of hydrogen-bond donors (Lipinski definition) is 0. The molecule has 30 heavy (non-hydrogen) atoms. The van der Waals surface area contributed by atoms with Crippen LogP contribution in [0.25, 0.3) is 5.82 Å². The molecular formula is C21H23FN6O2. The highest BCUT2D eigenvalue weighted by atomic mass is 19.1. The van der Waals surface area contributed by atoms with E-state index in [1.807, 2.05) is 29.8 Å². The van der Waals surface area contributed by atoms with E-state index < -0.39 is 6.10 Å². The van der Waals surface area contributed by atoms with Gasteiger partial charge in [-0.1, -0.05) is 0 Å². The fraction of sp³-hybridized carbons (Fsp3) is 0.333. The predicted octanol–water partition coefficient (Wildman–Crippen LogP) is 2.23. The first-order chi connectivity index (χ1) is 14.5. The van der Waals surface area contributed by atoms with Crippen LogP contribution in [0.4, 0.5) is 10.2 Å². The quantitative estimate of drug-likeness (QED) is 0.642. The van der Waals surface area contributed by atoms with Crippen LogP contribution in [0.3, 0.4) is 0 Å². The third-order valence-electron chi connectivity index (χ3n) is 5.10. The summed E-state index contributed by atoms with van der Waals surface area (Å²) < 4.78 is 20.5. The Morgan fingerprint density at radius 2 is 1.70 bits per heavy atom. The van der Waals surface area contributed by atoms with E-state index in [0.29, 0.717) is 37.7 Å². The molecule has 1 saturated heterocycles. The number of piperazine rings is 1. The van der Waals surface area contributed by atoms with Crippen molar-refractivity contribution in [2.45, 2.75) is 20.0 Å². The molecule has 9 heteroatoms. The van der Waals surface area contributed by atoms with Crippen molar-refractivity contribution in [1.29, 1.82) is 0 Å². The summed E-state index contributed by atoms with van der Waals surface area (Å²) in [6, 6.07) is 9.50. The maximum Gasteiger partial charge on any atom is 0.263 e. The number of rotatable bonds is 5. The third kappa shape index (κ3) is 4.24. The molecule has 0 saturated carbocycles. The summed E-state index contributed by atoms with van der Waals surface area (Å²) in [5.41, 5.74) is 0. The molecule has 4 rings (SSSR count). The molecule has 2 aromatic heterocycles. The van der Waals surface area contributed by atoms with Crippen LogP contribution >= 0.6 is 0 Å². The molecule has 1 amide bonds. The fourth-order valence-electron chi connectivity index (χ4n) is 3.42. The number of ether oxygens (including phenoxy) is 1. The fourth-order valence-corrected chi connectivity index (χ4v) is 3.42. The molecule has 1 aromatic carbocycles. The Morgan fingerprint density at radius 3 is 2.30 bits per heavy atom. The number of carbonyl (C=O) groups is 1. The van der Waals surface area contributed by atoms with E-state index in [2.05, 4.69) is 20.1 Å². The average Bonchev–Trinajstić information content (AvgIpc) is 3.21. The van der Waals surface area contributed by atoms with Crippen molar-refractivity contribution in [2.75, 3.05) is 31.1 Å². The summed E-state index contributed by atoms with van der Waals surface area (Å²) in [7, 11) is 0. The first-order valence-electron chi connectivity index (χ1n) is 9.81. The molecule has 8 nitrogen and oxygen atoms in total. The minimum absolute atomic E-state index is 0.0870. The van der Waals surface area contributed by atoms with E-state index in [9.17, 15) is 9.18 Å². The molecule has 3 aromatic rings. The number of aryl methyl sites for hydroxylation is 1. The molecule has 1 aliphatic rings. The van der Waals surface area contributed by atoms with E-state index in [1.54, 1.807) is 18.0 Å². The van der Waals surface area contributed by atoms with Crippen LogP contribution in [-0.2, 0) is 4.79 Å². The van der Waals surface area contributed by atoms with Gasteiger partial charge in [-0.3, -0.25) is 9.36 Å². The standard InChI is InChI=1S/C21H23FN6O2/c1-15(30-18-5-3-17(22)4-6-18)21(29)27-13-11-26(12-14-27)19-7-8-20(25-24-19)28-10-9-23-16(28)2/h3-10,15H,11-14H2,1-2H3. The summed E-state index contributed by atoms with van der Waals surface area (Å²) in [5.74, 6) is 2.39. The van der Waals surface area contributed by atoms with Crippen LogP contribution in [0.1, 0.15) is 12.7 Å². The number of amides is 1. The maximum atomic E-state index is 13.0. The Kier molecular flexibility index (Phi) is 5.60. The number of hydrogen-bond acceptors (Lipinski definition) is 6. The summed E-state index contributed by atoms with van der Waals surface area (Å²) in [5, 5.41) is 8.63. The van der Waals surface area contributed by atoms with Gasteiger partial charge in [0.1, 0.15) is 17.4 Å². The Balaban J connectivity index is 1.32. The summed E-state index contributed by atoms with van der Waals surface area (Å²) in [6.07, 6.45) is 2.93. The van der Waals surface area contributed by atoms with Crippen molar-refractivity contribution in [3.05, 3.63) is 60.4 Å². The minimum Gasteiger partial charge on any atom is -0.481 e. The smallest absolute Gasteiger partial charge is 0.263 e. The van der Waals surface area contributed by atoms with Gasteiger partial charge in [-0.05, 0) is 50.2 Å². The lowest BCUT2D eigenvalue weighted by Crippen LogP contribution is -2.52. The van der Waals surface area contributed by atoms with Gasteiger partial charge in [0.15, 0.2) is 17.7 Å². The van der Waals surface area contributed by atoms with Crippen LogP contribution < -0.4 is 9.64 Å². The van der Waals surface area contributed by atoms with Crippen molar-refractivity contribution in [2.24, 2.45) is 0 Å². The maximum absolute atomic E-state index is 13.0. The molecule has 1 fully saturated rings. The topological polar surface area (TPSA) is 76.4 Å². The van der Waals surface area contributed by atoms with Gasteiger partial charge in [-0.15, -0.1) is 10.2 Å². The molecule has 1 unspecified atom stereocenters. The average molecular weight is 410 g/mol. The van der Waals surface area contributed by atoms with Crippen molar-refractivity contribution in [1.82, 2.24) is 24.6 Å². The summed E-state index contributed by atoms with van der Waals surface area (Å²) >= 11 is 0. The van der Waals surface area contributed by atoms with E-state index in [0.717, 1.165) is 11.6 Å². The van der Waals surface area contributed by atoms with Crippen LogP contribution in [0.5, 0.6) is 5.75 Å². The second-order valence-corrected chi connectivity index (χ2v) is 7.12. The van der Waals surface area contributed by atoms with E-state index in [1.165, 1.54) is 24.3 Å². The van der Waals surface area contributed by atoms with E-state index in [4.69, 9.17) is 4.74 Å². The molecule has 0 bridgehead atoms. The number of benzene rings is 1. The van der Waals surface area contributed by atoms with Crippen LogP contribution in [0.2, 0.25) is 0 Å². The van der Waals surface area contributed by atoms with Gasteiger partial charge in [0.25, 0.3) is 5.91 Å². The molecule has 0 N–H and O–H groups in total. The SMILES string of the molecule is Cc1nccn1-c1ccc(N2CCN(C(=O)C(C)Oc3ccc(F)cc3)CC2)nn1. The van der Waals surface area contributed by atoms with Crippen LogP contribution in [0, 0.1) is 12.7 Å². The number of anilines is 1. The molecule has 1 atom stereocenters. The predicted molar refractivity (Wildman–Crippen MR) is 109 cm³/mol. The third-order valence-corrected chi connectivity index (χ3v) is 5.10. The van der Waals surface area contributed by atoms with Gasteiger partial charge < -0.3 is 14.5 Å². The lowest BCUT2D eigenvalue weighted by atomic mass is 10.2. The number of nitrogens with zero attached hydrogens (tertiary/aromatic N) is 6. The summed E-state index contributed by atoms with van der Waals surface area (Å²) in [4.78, 5) is 20.8. The molecule has 0 spiro atoms. The highest BCUT2D eigenvalue weighted by Crippen LogP contribution is 2.17. The Bertz CT molecular complexity index is 997. The lowest BCUT2D eigenvalue weighted by Gasteiger charge is -2.36. The number of halogens is 1. The van der Waals surface area contributed by atoms with Crippen molar-refractivity contribution in [3.63, 3.8) is 0 Å². The van der Waals surface area contributed by atoms with Gasteiger partial charge >= 0.3 is 0 Å². The largest absolute Gasteiger partial charge is 0.481 e.